The first kappa shape index (κ1) is 11.9. The molecule has 0 saturated heterocycles. The van der Waals surface area contributed by atoms with Crippen molar-refractivity contribution in [1.29, 1.82) is 0 Å². The van der Waals surface area contributed by atoms with Gasteiger partial charge in [0.2, 0.25) is 0 Å². The minimum absolute atomic E-state index is 0.594. The molecule has 94 valence electrons. The Morgan fingerprint density at radius 3 is 2.53 bits per heavy atom. The lowest BCUT2D eigenvalue weighted by Gasteiger charge is -2.02. The molecule has 0 aliphatic heterocycles. The smallest absolute Gasteiger partial charge is 0.127 e. The zero-order valence-electron chi connectivity index (χ0n) is 9.99. The quantitative estimate of drug-likeness (QED) is 0.789. The fourth-order valence-electron chi connectivity index (χ4n) is 1.89. The predicted molar refractivity (Wildman–Crippen MR) is 78.9 cm³/mol. The van der Waals surface area contributed by atoms with Crippen LogP contribution in [0.15, 0.2) is 59.3 Å². The molecule has 3 aromatic rings. The van der Waals surface area contributed by atoms with Crippen LogP contribution >= 0.6 is 15.9 Å². The molecule has 0 amide bonds. The van der Waals surface area contributed by atoms with Crippen LogP contribution in [0.2, 0.25) is 0 Å². The van der Waals surface area contributed by atoms with E-state index >= 15 is 0 Å². The van der Waals surface area contributed by atoms with Gasteiger partial charge in [0.15, 0.2) is 0 Å². The molecule has 2 aromatic heterocycles. The van der Waals surface area contributed by atoms with Crippen LogP contribution in [0, 0.1) is 0 Å². The van der Waals surface area contributed by atoms with E-state index in [1.54, 1.807) is 17.1 Å². The molecule has 3 rings (SSSR count). The molecule has 2 heterocycles. The topological polar surface area (TPSA) is 56.7 Å². The lowest BCUT2D eigenvalue weighted by atomic mass is 10.1. The second kappa shape index (κ2) is 4.85. The third kappa shape index (κ3) is 2.24. The number of benzene rings is 1. The van der Waals surface area contributed by atoms with E-state index in [0.717, 1.165) is 21.4 Å². The molecule has 0 bridgehead atoms. The van der Waals surface area contributed by atoms with Crippen LogP contribution in [0.3, 0.4) is 0 Å². The van der Waals surface area contributed by atoms with E-state index in [0.29, 0.717) is 5.82 Å². The van der Waals surface area contributed by atoms with Crippen LogP contribution in [-0.2, 0) is 0 Å². The number of anilines is 1. The van der Waals surface area contributed by atoms with E-state index in [-0.39, 0.29) is 0 Å². The van der Waals surface area contributed by atoms with Crippen LogP contribution in [0.5, 0.6) is 0 Å². The van der Waals surface area contributed by atoms with Crippen LogP contribution < -0.4 is 5.73 Å². The summed E-state index contributed by atoms with van der Waals surface area (Å²) in [6.45, 7) is 0. The van der Waals surface area contributed by atoms with Crippen molar-refractivity contribution in [2.24, 2.45) is 0 Å². The molecule has 1 aromatic carbocycles. The Balaban J connectivity index is 2.10. The van der Waals surface area contributed by atoms with Crippen molar-refractivity contribution >= 4 is 21.7 Å². The van der Waals surface area contributed by atoms with Gasteiger partial charge in [-0.3, -0.25) is 4.98 Å². The summed E-state index contributed by atoms with van der Waals surface area (Å²) < 4.78 is 2.70. The Labute approximate surface area is 119 Å². The minimum Gasteiger partial charge on any atom is -0.384 e. The van der Waals surface area contributed by atoms with Gasteiger partial charge in [-0.05, 0) is 18.2 Å². The molecular weight excluding hydrogens is 304 g/mol. The van der Waals surface area contributed by atoms with Crippen molar-refractivity contribution < 1.29 is 0 Å². The molecule has 19 heavy (non-hydrogen) atoms. The van der Waals surface area contributed by atoms with Gasteiger partial charge in [0.05, 0.1) is 11.4 Å². The monoisotopic (exact) mass is 314 g/mol. The van der Waals surface area contributed by atoms with E-state index in [1.165, 1.54) is 0 Å². The highest BCUT2D eigenvalue weighted by Gasteiger charge is 2.10. The standard InChI is InChI=1S/C14H11BrN4/c15-12-4-2-1-3-11(12)13-9-14(16)19(18-13)10-5-7-17-8-6-10/h1-9H,16H2. The number of hydrogen-bond donors (Lipinski definition) is 1. The molecule has 0 spiro atoms. The van der Waals surface area contributed by atoms with E-state index in [2.05, 4.69) is 26.0 Å². The van der Waals surface area contributed by atoms with Crippen molar-refractivity contribution in [3.05, 3.63) is 59.3 Å². The molecule has 0 aliphatic carbocycles. The van der Waals surface area contributed by atoms with Crippen LogP contribution in [0.1, 0.15) is 0 Å². The van der Waals surface area contributed by atoms with Crippen molar-refractivity contribution in [3.63, 3.8) is 0 Å². The summed E-state index contributed by atoms with van der Waals surface area (Å²) in [5.41, 5.74) is 8.77. The number of halogens is 1. The fraction of sp³-hybridized carbons (Fsp3) is 0. The number of hydrogen-bond acceptors (Lipinski definition) is 3. The fourth-order valence-corrected chi connectivity index (χ4v) is 2.38. The number of nitrogens with two attached hydrogens (primary N) is 1. The number of aromatic nitrogens is 3. The molecule has 0 unspecified atom stereocenters. The predicted octanol–water partition coefficient (Wildman–Crippen LogP) is 3.28. The minimum atomic E-state index is 0.594. The number of rotatable bonds is 2. The molecule has 2 N–H and O–H groups in total. The Hall–Kier alpha value is -2.14. The third-order valence-electron chi connectivity index (χ3n) is 2.79. The van der Waals surface area contributed by atoms with Gasteiger partial charge >= 0.3 is 0 Å². The Morgan fingerprint density at radius 1 is 1.05 bits per heavy atom. The normalized spacial score (nSPS) is 10.6. The summed E-state index contributed by atoms with van der Waals surface area (Å²) in [5, 5.41) is 4.54. The Kier molecular flexibility index (Phi) is 3.05. The van der Waals surface area contributed by atoms with Crippen LogP contribution in [-0.4, -0.2) is 14.8 Å². The maximum Gasteiger partial charge on any atom is 0.127 e. The molecule has 0 atom stereocenters. The highest BCUT2D eigenvalue weighted by molar-refractivity contribution is 9.10. The van der Waals surface area contributed by atoms with Crippen molar-refractivity contribution in [2.75, 3.05) is 5.73 Å². The highest BCUT2D eigenvalue weighted by Crippen LogP contribution is 2.28. The SMILES string of the molecule is Nc1cc(-c2ccccc2Br)nn1-c1ccncc1. The van der Waals surface area contributed by atoms with Gasteiger partial charge in [-0.1, -0.05) is 34.1 Å². The van der Waals surface area contributed by atoms with E-state index < -0.39 is 0 Å². The van der Waals surface area contributed by atoms with Gasteiger partial charge in [-0.2, -0.15) is 5.10 Å². The lowest BCUT2D eigenvalue weighted by Crippen LogP contribution is -2.01. The molecule has 0 aliphatic rings. The molecule has 5 heteroatoms. The average molecular weight is 315 g/mol. The second-order valence-electron chi connectivity index (χ2n) is 4.05. The first-order valence-corrected chi connectivity index (χ1v) is 6.56. The third-order valence-corrected chi connectivity index (χ3v) is 3.49. The summed E-state index contributed by atoms with van der Waals surface area (Å²) in [5.74, 6) is 0.594. The van der Waals surface area contributed by atoms with Crippen molar-refractivity contribution in [2.45, 2.75) is 0 Å². The highest BCUT2D eigenvalue weighted by atomic mass is 79.9. The zero-order chi connectivity index (χ0) is 13.2. The number of nitrogens with zero attached hydrogens (tertiary/aromatic N) is 3. The largest absolute Gasteiger partial charge is 0.384 e. The Morgan fingerprint density at radius 2 is 1.79 bits per heavy atom. The van der Waals surface area contributed by atoms with Crippen LogP contribution in [0.25, 0.3) is 16.9 Å². The van der Waals surface area contributed by atoms with Gasteiger partial charge in [0.1, 0.15) is 5.82 Å². The van der Waals surface area contributed by atoms with Gasteiger partial charge < -0.3 is 5.73 Å². The summed E-state index contributed by atoms with van der Waals surface area (Å²) in [6.07, 6.45) is 3.43. The maximum absolute atomic E-state index is 6.03. The van der Waals surface area contributed by atoms with E-state index in [1.807, 2.05) is 42.5 Å². The van der Waals surface area contributed by atoms with Crippen molar-refractivity contribution in [3.8, 4) is 16.9 Å². The summed E-state index contributed by atoms with van der Waals surface area (Å²) >= 11 is 3.52. The first-order valence-electron chi connectivity index (χ1n) is 5.76. The second-order valence-corrected chi connectivity index (χ2v) is 4.91. The summed E-state index contributed by atoms with van der Waals surface area (Å²) in [7, 11) is 0. The van der Waals surface area contributed by atoms with Gasteiger partial charge in [-0.25, -0.2) is 4.68 Å². The molecule has 4 nitrogen and oxygen atoms in total. The van der Waals surface area contributed by atoms with Crippen LogP contribution in [0.4, 0.5) is 5.82 Å². The Bertz CT molecular complexity index is 706. The molecular formula is C14H11BrN4. The van der Waals surface area contributed by atoms with Gasteiger partial charge in [0, 0.05) is 28.5 Å². The number of nitrogen functional groups attached to an aromatic ring is 1. The van der Waals surface area contributed by atoms with E-state index in [4.69, 9.17) is 5.73 Å². The van der Waals surface area contributed by atoms with E-state index in [9.17, 15) is 0 Å². The number of pyridine rings is 1. The summed E-state index contributed by atoms with van der Waals surface area (Å²) in [4.78, 5) is 3.99. The van der Waals surface area contributed by atoms with Gasteiger partial charge in [0.25, 0.3) is 0 Å². The maximum atomic E-state index is 6.03. The molecule has 0 radical (unpaired) electrons. The lowest BCUT2D eigenvalue weighted by molar-refractivity contribution is 0.892. The average Bonchev–Trinajstić information content (AvgIpc) is 2.82. The first-order chi connectivity index (χ1) is 9.25. The van der Waals surface area contributed by atoms with Crippen molar-refractivity contribution in [1.82, 2.24) is 14.8 Å². The molecule has 0 saturated carbocycles. The summed E-state index contributed by atoms with van der Waals surface area (Å²) in [6, 6.07) is 13.5. The molecule has 0 fully saturated rings. The zero-order valence-corrected chi connectivity index (χ0v) is 11.6. The van der Waals surface area contributed by atoms with Gasteiger partial charge in [-0.15, -0.1) is 0 Å².